The van der Waals surface area contributed by atoms with E-state index in [-0.39, 0.29) is 0 Å². The van der Waals surface area contributed by atoms with Crippen molar-refractivity contribution < 1.29 is 0 Å². The number of hydrogen-bond acceptors (Lipinski definition) is 3. The van der Waals surface area contributed by atoms with Gasteiger partial charge in [0.05, 0.1) is 0 Å². The highest BCUT2D eigenvalue weighted by Crippen LogP contribution is 2.16. The lowest BCUT2D eigenvalue weighted by Crippen LogP contribution is -2.36. The van der Waals surface area contributed by atoms with Crippen molar-refractivity contribution >= 4 is 5.82 Å². The number of nitrogens with zero attached hydrogens (tertiary/aromatic N) is 2. The summed E-state index contributed by atoms with van der Waals surface area (Å²) in [5.74, 6) is 1.65. The topological polar surface area (TPSA) is 28.2 Å². The van der Waals surface area contributed by atoms with E-state index in [4.69, 9.17) is 0 Å². The normalized spacial score (nSPS) is 11.6. The quantitative estimate of drug-likeness (QED) is 0.774. The SMILES string of the molecule is CCC(CC)N(Cc1ccnc(NC)c1)CC(C)C. The van der Waals surface area contributed by atoms with Crippen LogP contribution in [-0.2, 0) is 6.54 Å². The molecule has 0 aliphatic carbocycles. The summed E-state index contributed by atoms with van der Waals surface area (Å²) in [6, 6.07) is 4.94. The first-order chi connectivity index (χ1) is 9.10. The third-order valence-corrected chi connectivity index (χ3v) is 3.52. The van der Waals surface area contributed by atoms with E-state index in [0.29, 0.717) is 12.0 Å². The Morgan fingerprint density at radius 3 is 2.47 bits per heavy atom. The zero-order valence-electron chi connectivity index (χ0n) is 13.1. The van der Waals surface area contributed by atoms with Crippen LogP contribution in [-0.4, -0.2) is 29.5 Å². The largest absolute Gasteiger partial charge is 0.373 e. The molecule has 19 heavy (non-hydrogen) atoms. The maximum Gasteiger partial charge on any atom is 0.125 e. The number of nitrogens with one attached hydrogen (secondary N) is 1. The van der Waals surface area contributed by atoms with Crippen LogP contribution in [0.3, 0.4) is 0 Å². The van der Waals surface area contributed by atoms with E-state index < -0.39 is 0 Å². The van der Waals surface area contributed by atoms with Gasteiger partial charge in [-0.25, -0.2) is 4.98 Å². The summed E-state index contributed by atoms with van der Waals surface area (Å²) < 4.78 is 0. The van der Waals surface area contributed by atoms with Gasteiger partial charge in [-0.2, -0.15) is 0 Å². The molecule has 1 rings (SSSR count). The van der Waals surface area contributed by atoms with Crippen LogP contribution in [0.4, 0.5) is 5.82 Å². The van der Waals surface area contributed by atoms with Crippen molar-refractivity contribution in [3.8, 4) is 0 Å². The summed E-state index contributed by atoms with van der Waals surface area (Å²) in [6.07, 6.45) is 4.32. The number of hydrogen-bond donors (Lipinski definition) is 1. The standard InChI is InChI=1S/C16H29N3/c1-6-15(7-2)19(11-13(3)4)12-14-8-9-18-16(10-14)17-5/h8-10,13,15H,6-7,11-12H2,1-5H3,(H,17,18). The lowest BCUT2D eigenvalue weighted by atomic mass is 10.1. The van der Waals surface area contributed by atoms with Crippen molar-refractivity contribution in [1.29, 1.82) is 0 Å². The minimum Gasteiger partial charge on any atom is -0.373 e. The van der Waals surface area contributed by atoms with Gasteiger partial charge in [-0.1, -0.05) is 27.7 Å². The summed E-state index contributed by atoms with van der Waals surface area (Å²) in [5, 5.41) is 3.11. The van der Waals surface area contributed by atoms with Crippen molar-refractivity contribution in [1.82, 2.24) is 9.88 Å². The van der Waals surface area contributed by atoms with Gasteiger partial charge >= 0.3 is 0 Å². The van der Waals surface area contributed by atoms with Gasteiger partial charge in [0, 0.05) is 32.4 Å². The summed E-state index contributed by atoms with van der Waals surface area (Å²) in [7, 11) is 1.92. The van der Waals surface area contributed by atoms with E-state index in [9.17, 15) is 0 Å². The third-order valence-electron chi connectivity index (χ3n) is 3.52. The first-order valence-electron chi connectivity index (χ1n) is 7.47. The highest BCUT2D eigenvalue weighted by molar-refractivity contribution is 5.36. The van der Waals surface area contributed by atoms with Crippen molar-refractivity contribution in [3.05, 3.63) is 23.9 Å². The fourth-order valence-corrected chi connectivity index (χ4v) is 2.56. The van der Waals surface area contributed by atoms with Gasteiger partial charge in [0.1, 0.15) is 5.82 Å². The van der Waals surface area contributed by atoms with E-state index in [1.165, 1.54) is 18.4 Å². The maximum atomic E-state index is 4.28. The van der Waals surface area contributed by atoms with Crippen molar-refractivity contribution in [3.63, 3.8) is 0 Å². The minimum absolute atomic E-state index is 0.675. The molecule has 0 saturated heterocycles. The fourth-order valence-electron chi connectivity index (χ4n) is 2.56. The summed E-state index contributed by atoms with van der Waals surface area (Å²) >= 11 is 0. The second kappa shape index (κ2) is 8.16. The molecule has 1 aromatic heterocycles. The molecule has 108 valence electrons. The van der Waals surface area contributed by atoms with Gasteiger partial charge in [-0.15, -0.1) is 0 Å². The Morgan fingerprint density at radius 2 is 1.95 bits per heavy atom. The lowest BCUT2D eigenvalue weighted by molar-refractivity contribution is 0.157. The molecule has 3 nitrogen and oxygen atoms in total. The average molecular weight is 263 g/mol. The van der Waals surface area contributed by atoms with E-state index in [0.717, 1.165) is 18.9 Å². The first-order valence-corrected chi connectivity index (χ1v) is 7.47. The van der Waals surface area contributed by atoms with E-state index >= 15 is 0 Å². The van der Waals surface area contributed by atoms with Crippen LogP contribution in [0.15, 0.2) is 18.3 Å². The van der Waals surface area contributed by atoms with Crippen LogP contribution in [0.5, 0.6) is 0 Å². The first kappa shape index (κ1) is 16.0. The van der Waals surface area contributed by atoms with Crippen molar-refractivity contribution in [2.75, 3.05) is 18.9 Å². The van der Waals surface area contributed by atoms with E-state index in [1.807, 2.05) is 13.2 Å². The zero-order valence-corrected chi connectivity index (χ0v) is 13.1. The molecule has 1 heterocycles. The molecule has 1 N–H and O–H groups in total. The second-order valence-electron chi connectivity index (χ2n) is 5.59. The minimum atomic E-state index is 0.675. The molecular weight excluding hydrogens is 234 g/mol. The highest BCUT2D eigenvalue weighted by atomic mass is 15.2. The molecule has 0 aromatic carbocycles. The second-order valence-corrected chi connectivity index (χ2v) is 5.59. The Hall–Kier alpha value is -1.09. The van der Waals surface area contributed by atoms with Gasteiger partial charge in [0.25, 0.3) is 0 Å². The molecular formula is C16H29N3. The van der Waals surface area contributed by atoms with Crippen LogP contribution in [0.2, 0.25) is 0 Å². The number of pyridine rings is 1. The third kappa shape index (κ3) is 5.19. The molecule has 0 fully saturated rings. The predicted molar refractivity (Wildman–Crippen MR) is 83.4 cm³/mol. The Balaban J connectivity index is 2.80. The summed E-state index contributed by atoms with van der Waals surface area (Å²) in [4.78, 5) is 6.89. The smallest absolute Gasteiger partial charge is 0.125 e. The van der Waals surface area contributed by atoms with Crippen LogP contribution in [0.25, 0.3) is 0 Å². The van der Waals surface area contributed by atoms with Gasteiger partial charge in [0.15, 0.2) is 0 Å². The maximum absolute atomic E-state index is 4.28. The van der Waals surface area contributed by atoms with Gasteiger partial charge in [-0.3, -0.25) is 4.90 Å². The van der Waals surface area contributed by atoms with Gasteiger partial charge < -0.3 is 5.32 Å². The monoisotopic (exact) mass is 263 g/mol. The van der Waals surface area contributed by atoms with Crippen LogP contribution >= 0.6 is 0 Å². The molecule has 3 heteroatoms. The molecule has 0 radical (unpaired) electrons. The van der Waals surface area contributed by atoms with E-state index in [1.54, 1.807) is 0 Å². The zero-order chi connectivity index (χ0) is 14.3. The number of rotatable bonds is 8. The molecule has 0 unspecified atom stereocenters. The van der Waals surface area contributed by atoms with Crippen molar-refractivity contribution in [2.24, 2.45) is 5.92 Å². The predicted octanol–water partition coefficient (Wildman–Crippen LogP) is 3.77. The molecule has 0 bridgehead atoms. The molecule has 0 amide bonds. The Kier molecular flexibility index (Phi) is 6.85. The van der Waals surface area contributed by atoms with Crippen LogP contribution in [0, 0.1) is 5.92 Å². The molecule has 0 spiro atoms. The van der Waals surface area contributed by atoms with Gasteiger partial charge in [0.2, 0.25) is 0 Å². The van der Waals surface area contributed by atoms with Gasteiger partial charge in [-0.05, 0) is 36.5 Å². The number of aromatic nitrogens is 1. The molecule has 0 atom stereocenters. The Morgan fingerprint density at radius 1 is 1.26 bits per heavy atom. The molecule has 0 aliphatic rings. The lowest BCUT2D eigenvalue weighted by Gasteiger charge is -2.32. The average Bonchev–Trinajstić information content (AvgIpc) is 2.39. The molecule has 0 saturated carbocycles. The summed E-state index contributed by atoms with van der Waals surface area (Å²) in [6.45, 7) is 11.3. The van der Waals surface area contributed by atoms with E-state index in [2.05, 4.69) is 55.0 Å². The highest BCUT2D eigenvalue weighted by Gasteiger charge is 2.16. The molecule has 1 aromatic rings. The molecule has 0 aliphatic heterocycles. The number of anilines is 1. The van der Waals surface area contributed by atoms with Crippen molar-refractivity contribution in [2.45, 2.75) is 53.1 Å². The van der Waals surface area contributed by atoms with Crippen LogP contribution in [0.1, 0.15) is 46.1 Å². The fraction of sp³-hybridized carbons (Fsp3) is 0.688. The summed E-state index contributed by atoms with van der Waals surface area (Å²) in [5.41, 5.74) is 1.34. The van der Waals surface area contributed by atoms with Crippen LogP contribution < -0.4 is 5.32 Å². The Bertz CT molecular complexity index is 359. The Labute approximate surface area is 118 Å².